The zero-order chi connectivity index (χ0) is 13.2. The van der Waals surface area contributed by atoms with Crippen LogP contribution in [0.15, 0.2) is 10.7 Å². The molecule has 0 amide bonds. The van der Waals surface area contributed by atoms with E-state index in [2.05, 4.69) is 48.7 Å². The minimum atomic E-state index is -0.181. The van der Waals surface area contributed by atoms with Crippen LogP contribution in [-0.2, 0) is 4.74 Å². The number of nitrogens with two attached hydrogens (primary N) is 1. The van der Waals surface area contributed by atoms with Gasteiger partial charge in [0.05, 0.1) is 28.5 Å². The van der Waals surface area contributed by atoms with Crippen LogP contribution in [0.1, 0.15) is 45.5 Å². The Morgan fingerprint density at radius 2 is 1.94 bits per heavy atom. The predicted molar refractivity (Wildman–Crippen MR) is 72.9 cm³/mol. The number of nitrogens with zero attached hydrogens (tertiary/aromatic N) is 2. The fraction of sp³-hybridized carbons (Fsp3) is 0.750. The molecular weight excluding hydrogens is 282 g/mol. The molecule has 2 unspecified atom stereocenters. The molecule has 0 saturated heterocycles. The number of ether oxygens (including phenoxy) is 1. The molecule has 0 bridgehead atoms. The van der Waals surface area contributed by atoms with Crippen LogP contribution in [0.2, 0.25) is 0 Å². The number of methoxy groups -OCH3 is 1. The summed E-state index contributed by atoms with van der Waals surface area (Å²) in [5, 5.41) is 4.35. The van der Waals surface area contributed by atoms with Gasteiger partial charge in [-0.2, -0.15) is 5.10 Å². The third kappa shape index (κ3) is 3.09. The van der Waals surface area contributed by atoms with E-state index in [-0.39, 0.29) is 18.2 Å². The van der Waals surface area contributed by atoms with Gasteiger partial charge in [-0.3, -0.25) is 4.68 Å². The monoisotopic (exact) mass is 303 g/mol. The number of hydrogen-bond acceptors (Lipinski definition) is 3. The summed E-state index contributed by atoms with van der Waals surface area (Å²) >= 11 is 3.51. The van der Waals surface area contributed by atoms with Gasteiger partial charge in [0.25, 0.3) is 0 Å². The molecule has 98 valence electrons. The maximum Gasteiger partial charge on any atom is 0.0802 e. The second kappa shape index (κ2) is 5.98. The van der Waals surface area contributed by atoms with Gasteiger partial charge >= 0.3 is 0 Å². The first-order valence-corrected chi connectivity index (χ1v) is 6.70. The Bertz CT molecular complexity index is 363. The van der Waals surface area contributed by atoms with Crippen LogP contribution >= 0.6 is 15.9 Å². The maximum atomic E-state index is 6.32. The molecule has 0 radical (unpaired) electrons. The zero-order valence-corrected chi connectivity index (χ0v) is 12.7. The lowest BCUT2D eigenvalue weighted by atomic mass is 9.97. The van der Waals surface area contributed by atoms with E-state index < -0.39 is 0 Å². The molecular formula is C12H22BrN3O. The molecule has 0 spiro atoms. The quantitative estimate of drug-likeness (QED) is 0.910. The highest BCUT2D eigenvalue weighted by Gasteiger charge is 2.28. The second-order valence-corrected chi connectivity index (χ2v) is 5.74. The standard InChI is InChI=1S/C12H22BrN3O/c1-7(2)12(17-5)10(14)11-9(13)6-15-16(11)8(3)4/h6-8,10,12H,14H2,1-5H3. The van der Waals surface area contributed by atoms with E-state index in [4.69, 9.17) is 10.5 Å². The van der Waals surface area contributed by atoms with Crippen molar-refractivity contribution in [1.29, 1.82) is 0 Å². The molecule has 0 aromatic carbocycles. The van der Waals surface area contributed by atoms with Crippen LogP contribution < -0.4 is 5.73 Å². The van der Waals surface area contributed by atoms with Gasteiger partial charge in [-0.25, -0.2) is 0 Å². The van der Waals surface area contributed by atoms with Crippen LogP contribution in [-0.4, -0.2) is 23.0 Å². The second-order valence-electron chi connectivity index (χ2n) is 4.89. The van der Waals surface area contributed by atoms with Crippen molar-refractivity contribution in [3.8, 4) is 0 Å². The van der Waals surface area contributed by atoms with Crippen molar-refractivity contribution < 1.29 is 4.74 Å². The first-order chi connectivity index (χ1) is 7.90. The molecule has 2 N–H and O–H groups in total. The summed E-state index contributed by atoms with van der Waals surface area (Å²) in [5.41, 5.74) is 7.32. The van der Waals surface area contributed by atoms with Gasteiger partial charge < -0.3 is 10.5 Å². The van der Waals surface area contributed by atoms with Gasteiger partial charge in [-0.1, -0.05) is 13.8 Å². The minimum absolute atomic E-state index is 0.0134. The fourth-order valence-corrected chi connectivity index (χ4v) is 2.60. The van der Waals surface area contributed by atoms with Crippen LogP contribution in [0.25, 0.3) is 0 Å². The first-order valence-electron chi connectivity index (χ1n) is 5.91. The molecule has 1 rings (SSSR count). The Balaban J connectivity index is 3.09. The van der Waals surface area contributed by atoms with E-state index >= 15 is 0 Å². The Morgan fingerprint density at radius 3 is 2.35 bits per heavy atom. The summed E-state index contributed by atoms with van der Waals surface area (Å²) in [6.07, 6.45) is 1.78. The van der Waals surface area contributed by atoms with E-state index in [1.165, 1.54) is 0 Å². The van der Waals surface area contributed by atoms with Gasteiger partial charge in [0, 0.05) is 13.2 Å². The molecule has 0 aliphatic heterocycles. The van der Waals surface area contributed by atoms with E-state index in [1.54, 1.807) is 13.3 Å². The van der Waals surface area contributed by atoms with Crippen molar-refractivity contribution in [2.45, 2.75) is 45.9 Å². The molecule has 0 aliphatic carbocycles. The maximum absolute atomic E-state index is 6.32. The Kier molecular flexibility index (Phi) is 5.16. The van der Waals surface area contributed by atoms with Crippen molar-refractivity contribution in [2.75, 3.05) is 7.11 Å². The molecule has 17 heavy (non-hydrogen) atoms. The van der Waals surface area contributed by atoms with Crippen molar-refractivity contribution in [1.82, 2.24) is 9.78 Å². The van der Waals surface area contributed by atoms with Crippen molar-refractivity contribution in [2.24, 2.45) is 11.7 Å². The predicted octanol–water partition coefficient (Wildman–Crippen LogP) is 2.90. The molecule has 0 fully saturated rings. The Hall–Kier alpha value is -0.390. The molecule has 1 aromatic rings. The summed E-state index contributed by atoms with van der Waals surface area (Å²) in [4.78, 5) is 0. The lowest BCUT2D eigenvalue weighted by Crippen LogP contribution is -2.34. The van der Waals surface area contributed by atoms with E-state index in [0.29, 0.717) is 5.92 Å². The Morgan fingerprint density at radius 1 is 1.35 bits per heavy atom. The lowest BCUT2D eigenvalue weighted by molar-refractivity contribution is 0.0410. The summed E-state index contributed by atoms with van der Waals surface area (Å²) in [6.45, 7) is 8.40. The topological polar surface area (TPSA) is 53.1 Å². The zero-order valence-electron chi connectivity index (χ0n) is 11.1. The molecule has 4 nitrogen and oxygen atoms in total. The van der Waals surface area contributed by atoms with Crippen LogP contribution in [0, 0.1) is 5.92 Å². The van der Waals surface area contributed by atoms with Crippen molar-refractivity contribution in [3.05, 3.63) is 16.4 Å². The molecule has 1 heterocycles. The highest BCUT2D eigenvalue weighted by Crippen LogP contribution is 2.29. The largest absolute Gasteiger partial charge is 0.379 e. The lowest BCUT2D eigenvalue weighted by Gasteiger charge is -2.27. The van der Waals surface area contributed by atoms with E-state index in [0.717, 1.165) is 10.2 Å². The summed E-state index contributed by atoms with van der Waals surface area (Å²) in [5.74, 6) is 0.359. The number of aromatic nitrogens is 2. The number of rotatable bonds is 5. The molecule has 1 aromatic heterocycles. The van der Waals surface area contributed by atoms with Crippen molar-refractivity contribution in [3.63, 3.8) is 0 Å². The van der Waals surface area contributed by atoms with Gasteiger partial charge in [-0.05, 0) is 35.7 Å². The highest BCUT2D eigenvalue weighted by atomic mass is 79.9. The van der Waals surface area contributed by atoms with Gasteiger partial charge in [0.2, 0.25) is 0 Å². The average Bonchev–Trinajstić information content (AvgIpc) is 2.60. The SMILES string of the molecule is COC(C(C)C)C(N)c1c(Br)cnn1C(C)C. The number of hydrogen-bond donors (Lipinski definition) is 1. The van der Waals surface area contributed by atoms with Gasteiger partial charge in [0.1, 0.15) is 0 Å². The highest BCUT2D eigenvalue weighted by molar-refractivity contribution is 9.10. The third-order valence-electron chi connectivity index (χ3n) is 2.88. The van der Waals surface area contributed by atoms with Crippen LogP contribution in [0.5, 0.6) is 0 Å². The minimum Gasteiger partial charge on any atom is -0.379 e. The summed E-state index contributed by atoms with van der Waals surface area (Å²) in [7, 11) is 1.70. The molecule has 5 heteroatoms. The summed E-state index contributed by atoms with van der Waals surface area (Å²) < 4.78 is 8.39. The average molecular weight is 304 g/mol. The van der Waals surface area contributed by atoms with Crippen LogP contribution in [0.3, 0.4) is 0 Å². The molecule has 0 aliphatic rings. The van der Waals surface area contributed by atoms with Crippen LogP contribution in [0.4, 0.5) is 0 Å². The molecule has 0 saturated carbocycles. The summed E-state index contributed by atoms with van der Waals surface area (Å²) in [6, 6.07) is 0.103. The smallest absolute Gasteiger partial charge is 0.0802 e. The normalized spacial score (nSPS) is 15.6. The van der Waals surface area contributed by atoms with Gasteiger partial charge in [0.15, 0.2) is 0 Å². The first kappa shape index (κ1) is 14.7. The third-order valence-corrected chi connectivity index (χ3v) is 3.49. The van der Waals surface area contributed by atoms with E-state index in [1.807, 2.05) is 4.68 Å². The van der Waals surface area contributed by atoms with Crippen molar-refractivity contribution >= 4 is 15.9 Å². The Labute approximate surface area is 112 Å². The number of halogens is 1. The van der Waals surface area contributed by atoms with E-state index in [9.17, 15) is 0 Å². The molecule has 2 atom stereocenters. The fourth-order valence-electron chi connectivity index (χ4n) is 2.06. The van der Waals surface area contributed by atoms with Gasteiger partial charge in [-0.15, -0.1) is 0 Å².